The number of amides is 1. The fourth-order valence-corrected chi connectivity index (χ4v) is 0.986. The summed E-state index contributed by atoms with van der Waals surface area (Å²) >= 11 is 0. The lowest BCUT2D eigenvalue weighted by atomic mass is 10.2. The Morgan fingerprint density at radius 2 is 2.36 bits per heavy atom. The molecule has 0 aromatic heterocycles. The van der Waals surface area contributed by atoms with Gasteiger partial charge in [0.25, 0.3) is 0 Å². The minimum Gasteiger partial charge on any atom is -0.388 e. The molecule has 0 saturated heterocycles. The molecule has 72 valence electrons. The third-order valence-electron chi connectivity index (χ3n) is 1.65. The van der Waals surface area contributed by atoms with E-state index < -0.39 is 5.91 Å². The largest absolute Gasteiger partial charge is 0.388 e. The summed E-state index contributed by atoms with van der Waals surface area (Å²) in [7, 11) is 1.84. The third kappa shape index (κ3) is 3.20. The molecule has 1 aromatic rings. The number of benzene rings is 1. The number of hydrogen-bond acceptors (Lipinski definition) is 2. The molecule has 1 amide bonds. The Labute approximate surface area is 83.3 Å². The van der Waals surface area contributed by atoms with E-state index in [4.69, 9.17) is 5.73 Å². The molecule has 0 saturated carbocycles. The zero-order valence-electron chi connectivity index (χ0n) is 8.00. The molecule has 0 aliphatic rings. The van der Waals surface area contributed by atoms with Crippen molar-refractivity contribution in [2.75, 3.05) is 12.4 Å². The van der Waals surface area contributed by atoms with Crippen LogP contribution in [0.5, 0.6) is 0 Å². The maximum Gasteiger partial charge on any atom is 0.229 e. The Bertz CT molecular complexity index is 388. The van der Waals surface area contributed by atoms with Gasteiger partial charge in [-0.1, -0.05) is 17.9 Å². The summed E-state index contributed by atoms with van der Waals surface area (Å²) in [5.41, 5.74) is 6.83. The lowest BCUT2D eigenvalue weighted by molar-refractivity contribution is -0.117. The molecule has 0 unspecified atom stereocenters. The van der Waals surface area contributed by atoms with Crippen LogP contribution in [0.2, 0.25) is 0 Å². The fourth-order valence-electron chi connectivity index (χ4n) is 0.986. The van der Waals surface area contributed by atoms with Crippen molar-refractivity contribution in [3.8, 4) is 11.8 Å². The van der Waals surface area contributed by atoms with Crippen LogP contribution in [-0.2, 0) is 4.79 Å². The summed E-state index contributed by atoms with van der Waals surface area (Å²) in [4.78, 5) is 10.4. The average molecular weight is 188 g/mol. The van der Waals surface area contributed by atoms with Crippen molar-refractivity contribution >= 4 is 11.6 Å². The molecule has 0 atom stereocenters. The summed E-state index contributed by atoms with van der Waals surface area (Å²) in [6.45, 7) is 0. The maximum absolute atomic E-state index is 10.4. The van der Waals surface area contributed by atoms with Crippen molar-refractivity contribution in [2.45, 2.75) is 6.42 Å². The van der Waals surface area contributed by atoms with E-state index in [9.17, 15) is 4.79 Å². The SMILES string of the molecule is CNc1cccc(C#CCC(N)=O)c1. The number of primary amides is 1. The zero-order chi connectivity index (χ0) is 10.4. The number of rotatable bonds is 2. The number of carbonyl (C=O) groups excluding carboxylic acids is 1. The first-order valence-electron chi connectivity index (χ1n) is 4.27. The van der Waals surface area contributed by atoms with Gasteiger partial charge in [0.15, 0.2) is 0 Å². The van der Waals surface area contributed by atoms with Gasteiger partial charge in [0.2, 0.25) is 5.91 Å². The molecule has 3 heteroatoms. The monoisotopic (exact) mass is 188 g/mol. The Hall–Kier alpha value is -1.95. The van der Waals surface area contributed by atoms with Crippen LogP contribution in [0, 0.1) is 11.8 Å². The molecule has 3 nitrogen and oxygen atoms in total. The number of hydrogen-bond donors (Lipinski definition) is 2. The molecular weight excluding hydrogens is 176 g/mol. The topological polar surface area (TPSA) is 55.1 Å². The van der Waals surface area contributed by atoms with Crippen LogP contribution < -0.4 is 11.1 Å². The maximum atomic E-state index is 10.4. The van der Waals surface area contributed by atoms with Gasteiger partial charge in [0.1, 0.15) is 0 Å². The molecular formula is C11H12N2O. The van der Waals surface area contributed by atoms with Gasteiger partial charge >= 0.3 is 0 Å². The van der Waals surface area contributed by atoms with Crippen LogP contribution in [0.4, 0.5) is 5.69 Å². The van der Waals surface area contributed by atoms with E-state index in [2.05, 4.69) is 17.2 Å². The van der Waals surface area contributed by atoms with E-state index in [0.717, 1.165) is 11.3 Å². The number of nitrogens with two attached hydrogens (primary N) is 1. The molecule has 0 bridgehead atoms. The van der Waals surface area contributed by atoms with E-state index in [1.54, 1.807) is 0 Å². The Kier molecular flexibility index (Phi) is 3.57. The van der Waals surface area contributed by atoms with Crippen molar-refractivity contribution in [1.29, 1.82) is 0 Å². The van der Waals surface area contributed by atoms with Crippen molar-refractivity contribution in [3.63, 3.8) is 0 Å². The summed E-state index contributed by atoms with van der Waals surface area (Å²) in [6.07, 6.45) is 0.101. The first-order chi connectivity index (χ1) is 6.72. The quantitative estimate of drug-likeness (QED) is 0.679. The van der Waals surface area contributed by atoms with E-state index >= 15 is 0 Å². The van der Waals surface area contributed by atoms with Crippen LogP contribution in [0.25, 0.3) is 0 Å². The van der Waals surface area contributed by atoms with Gasteiger partial charge in [-0.25, -0.2) is 0 Å². The van der Waals surface area contributed by atoms with E-state index in [-0.39, 0.29) is 6.42 Å². The molecule has 0 fully saturated rings. The Balaban J connectivity index is 2.74. The Morgan fingerprint density at radius 3 is 3.00 bits per heavy atom. The van der Waals surface area contributed by atoms with Gasteiger partial charge in [-0.2, -0.15) is 0 Å². The molecule has 0 heterocycles. The smallest absolute Gasteiger partial charge is 0.229 e. The highest BCUT2D eigenvalue weighted by Crippen LogP contribution is 2.08. The Morgan fingerprint density at radius 1 is 1.57 bits per heavy atom. The number of anilines is 1. The minimum absolute atomic E-state index is 0.101. The molecule has 0 aliphatic carbocycles. The van der Waals surface area contributed by atoms with Gasteiger partial charge in [-0.05, 0) is 18.2 Å². The van der Waals surface area contributed by atoms with Crippen molar-refractivity contribution in [1.82, 2.24) is 0 Å². The predicted octanol–water partition coefficient (Wildman–Crippen LogP) is 0.955. The van der Waals surface area contributed by atoms with Gasteiger partial charge < -0.3 is 11.1 Å². The minimum atomic E-state index is -0.401. The molecule has 1 aromatic carbocycles. The summed E-state index contributed by atoms with van der Waals surface area (Å²) in [5, 5.41) is 3.01. The second-order valence-corrected chi connectivity index (χ2v) is 2.78. The van der Waals surface area contributed by atoms with E-state index in [1.807, 2.05) is 31.3 Å². The van der Waals surface area contributed by atoms with Crippen LogP contribution in [0.15, 0.2) is 24.3 Å². The molecule has 0 aliphatic heterocycles. The molecule has 1 rings (SSSR count). The first kappa shape index (κ1) is 10.1. The van der Waals surface area contributed by atoms with Crippen LogP contribution >= 0.6 is 0 Å². The van der Waals surface area contributed by atoms with E-state index in [1.165, 1.54) is 0 Å². The fraction of sp³-hybridized carbons (Fsp3) is 0.182. The second-order valence-electron chi connectivity index (χ2n) is 2.78. The molecule has 0 radical (unpaired) electrons. The van der Waals surface area contributed by atoms with Gasteiger partial charge in [-0.3, -0.25) is 4.79 Å². The standard InChI is InChI=1S/C11H12N2O/c1-13-10-6-2-4-9(8-10)5-3-7-11(12)14/h2,4,6,8,13H,7H2,1H3,(H2,12,14). The lowest BCUT2D eigenvalue weighted by Crippen LogP contribution is -2.08. The third-order valence-corrected chi connectivity index (χ3v) is 1.65. The first-order valence-corrected chi connectivity index (χ1v) is 4.27. The van der Waals surface area contributed by atoms with Crippen molar-refractivity contribution < 1.29 is 4.79 Å². The molecule has 3 N–H and O–H groups in total. The van der Waals surface area contributed by atoms with Crippen molar-refractivity contribution in [3.05, 3.63) is 29.8 Å². The molecule has 14 heavy (non-hydrogen) atoms. The zero-order valence-corrected chi connectivity index (χ0v) is 8.00. The highest BCUT2D eigenvalue weighted by molar-refractivity contribution is 5.76. The van der Waals surface area contributed by atoms with E-state index in [0.29, 0.717) is 0 Å². The molecule has 0 spiro atoms. The average Bonchev–Trinajstić information content (AvgIpc) is 2.18. The predicted molar refractivity (Wildman–Crippen MR) is 56.7 cm³/mol. The second kappa shape index (κ2) is 4.93. The van der Waals surface area contributed by atoms with Crippen LogP contribution in [-0.4, -0.2) is 13.0 Å². The normalized spacial score (nSPS) is 8.64. The van der Waals surface area contributed by atoms with Gasteiger partial charge in [0.05, 0.1) is 6.42 Å². The van der Waals surface area contributed by atoms with Crippen LogP contribution in [0.3, 0.4) is 0 Å². The summed E-state index contributed by atoms with van der Waals surface area (Å²) in [6, 6.07) is 7.64. The van der Waals surface area contributed by atoms with Crippen molar-refractivity contribution in [2.24, 2.45) is 5.73 Å². The number of carbonyl (C=O) groups is 1. The summed E-state index contributed by atoms with van der Waals surface area (Å²) < 4.78 is 0. The highest BCUT2D eigenvalue weighted by atomic mass is 16.1. The number of nitrogens with one attached hydrogen (secondary N) is 1. The lowest BCUT2D eigenvalue weighted by Gasteiger charge is -1.98. The van der Waals surface area contributed by atoms with Crippen LogP contribution in [0.1, 0.15) is 12.0 Å². The highest BCUT2D eigenvalue weighted by Gasteiger charge is 1.90. The van der Waals surface area contributed by atoms with Gasteiger partial charge in [0, 0.05) is 18.3 Å². The summed E-state index contributed by atoms with van der Waals surface area (Å²) in [5.74, 6) is 5.16. The van der Waals surface area contributed by atoms with Gasteiger partial charge in [-0.15, -0.1) is 0 Å².